The molecule has 1 amide bonds. The molecular formula is C15H15N5O5S. The van der Waals surface area contributed by atoms with Crippen molar-refractivity contribution in [2.45, 2.75) is 10.9 Å². The van der Waals surface area contributed by atoms with Gasteiger partial charge in [0.1, 0.15) is 17.0 Å². The number of sulfone groups is 1. The number of hydrogen-bond donors (Lipinski definition) is 1. The molecule has 10 nitrogen and oxygen atoms in total. The molecule has 0 saturated carbocycles. The molecule has 0 spiro atoms. The lowest BCUT2D eigenvalue weighted by Crippen LogP contribution is -2.36. The zero-order valence-corrected chi connectivity index (χ0v) is 14.7. The summed E-state index contributed by atoms with van der Waals surface area (Å²) in [4.78, 5) is 28.6. The molecule has 1 N–H and O–H groups in total. The van der Waals surface area contributed by atoms with E-state index in [1.807, 2.05) is 0 Å². The van der Waals surface area contributed by atoms with E-state index in [4.69, 9.17) is 0 Å². The van der Waals surface area contributed by atoms with Crippen LogP contribution in [-0.2, 0) is 22.6 Å². The predicted molar refractivity (Wildman–Crippen MR) is 91.6 cm³/mol. The summed E-state index contributed by atoms with van der Waals surface area (Å²) in [5.74, 6) is -1.71. The summed E-state index contributed by atoms with van der Waals surface area (Å²) >= 11 is 0. The molecule has 0 unspecified atom stereocenters. The van der Waals surface area contributed by atoms with Gasteiger partial charge in [-0.3, -0.25) is 4.79 Å². The van der Waals surface area contributed by atoms with Gasteiger partial charge in [-0.25, -0.2) is 13.4 Å². The van der Waals surface area contributed by atoms with Crippen LogP contribution in [0.2, 0.25) is 0 Å². The fourth-order valence-corrected chi connectivity index (χ4v) is 4.12. The van der Waals surface area contributed by atoms with E-state index in [1.54, 1.807) is 0 Å². The number of benzene rings is 1. The van der Waals surface area contributed by atoms with Crippen molar-refractivity contribution in [2.75, 3.05) is 7.05 Å². The molecule has 3 aromatic rings. The number of para-hydroxylation sites is 2. The lowest BCUT2D eigenvalue weighted by atomic mass is 10.2. The Morgan fingerprint density at radius 1 is 1.35 bits per heavy atom. The van der Waals surface area contributed by atoms with E-state index in [9.17, 15) is 23.3 Å². The molecule has 26 heavy (non-hydrogen) atoms. The zero-order chi connectivity index (χ0) is 19.1. The van der Waals surface area contributed by atoms with Crippen molar-refractivity contribution in [3.05, 3.63) is 58.2 Å². The minimum absolute atomic E-state index is 0.0415. The summed E-state index contributed by atoms with van der Waals surface area (Å²) in [7, 11) is -1.31. The van der Waals surface area contributed by atoms with E-state index in [-0.39, 0.29) is 20.6 Å². The van der Waals surface area contributed by atoms with Gasteiger partial charge < -0.3 is 19.8 Å². The first-order valence-electron chi connectivity index (χ1n) is 7.46. The maximum absolute atomic E-state index is 12.7. The number of nitrogens with zero attached hydrogens (tertiary/aromatic N) is 4. The van der Waals surface area contributed by atoms with Gasteiger partial charge in [0.15, 0.2) is 0 Å². The van der Waals surface area contributed by atoms with Gasteiger partial charge in [-0.05, 0) is 6.07 Å². The Kier molecular flexibility index (Phi) is 4.24. The summed E-state index contributed by atoms with van der Waals surface area (Å²) in [5.41, 5.74) is -1.13. The van der Waals surface area contributed by atoms with Crippen LogP contribution in [0.4, 0.5) is 0 Å². The third-order valence-electron chi connectivity index (χ3n) is 3.86. The molecule has 2 heterocycles. The first-order valence-corrected chi connectivity index (χ1v) is 9.12. The third-order valence-corrected chi connectivity index (χ3v) is 5.47. The third kappa shape index (κ3) is 2.71. The Morgan fingerprint density at radius 3 is 2.65 bits per heavy atom. The number of nitrogens with one attached hydrogen (secondary N) is 1. The molecule has 0 aliphatic heterocycles. The van der Waals surface area contributed by atoms with E-state index in [0.717, 1.165) is 0 Å². The Hall–Kier alpha value is -3.21. The van der Waals surface area contributed by atoms with Crippen molar-refractivity contribution < 1.29 is 17.6 Å². The van der Waals surface area contributed by atoms with Crippen molar-refractivity contribution in [1.82, 2.24) is 19.6 Å². The van der Waals surface area contributed by atoms with Crippen LogP contribution in [0.25, 0.3) is 11.0 Å². The molecule has 1 aromatic carbocycles. The Bertz CT molecular complexity index is 1180. The van der Waals surface area contributed by atoms with Crippen LogP contribution in [-0.4, -0.2) is 35.7 Å². The van der Waals surface area contributed by atoms with Gasteiger partial charge in [0.25, 0.3) is 5.52 Å². The largest absolute Gasteiger partial charge is 0.805 e. The smallest absolute Gasteiger partial charge is 0.347 e. The molecule has 0 aliphatic rings. The minimum atomic E-state index is -4.07. The molecule has 0 fully saturated rings. The normalized spacial score (nSPS) is 11.6. The van der Waals surface area contributed by atoms with Gasteiger partial charge in [-0.2, -0.15) is 0 Å². The molecule has 0 radical (unpaired) electrons. The second kappa shape index (κ2) is 6.26. The maximum atomic E-state index is 12.7. The lowest BCUT2D eigenvalue weighted by molar-refractivity contribution is -0.468. The molecule has 3 rings (SSSR count). The number of aromatic nitrogens is 4. The van der Waals surface area contributed by atoms with E-state index in [0.29, 0.717) is 4.73 Å². The highest BCUT2D eigenvalue weighted by molar-refractivity contribution is 7.90. The van der Waals surface area contributed by atoms with E-state index < -0.39 is 32.9 Å². The van der Waals surface area contributed by atoms with Crippen molar-refractivity contribution in [1.29, 1.82) is 0 Å². The molecule has 2 aromatic heterocycles. The average Bonchev–Trinajstić information content (AvgIpc) is 3.06. The van der Waals surface area contributed by atoms with Gasteiger partial charge in [0.2, 0.25) is 15.0 Å². The van der Waals surface area contributed by atoms with E-state index >= 15 is 0 Å². The maximum Gasteiger partial charge on any atom is 0.347 e. The van der Waals surface area contributed by atoms with Crippen molar-refractivity contribution in [3.63, 3.8) is 0 Å². The average molecular weight is 377 g/mol. The van der Waals surface area contributed by atoms with Crippen molar-refractivity contribution in [3.8, 4) is 0 Å². The number of hydrogen-bond acceptors (Lipinski definition) is 6. The van der Waals surface area contributed by atoms with Gasteiger partial charge in [-0.15, -0.1) is 0 Å². The van der Waals surface area contributed by atoms with E-state index in [2.05, 4.69) is 10.3 Å². The van der Waals surface area contributed by atoms with Gasteiger partial charge in [-0.1, -0.05) is 12.1 Å². The number of imidazole rings is 1. The number of amides is 1. The lowest BCUT2D eigenvalue weighted by Gasteiger charge is -2.18. The fourth-order valence-electron chi connectivity index (χ4n) is 2.65. The molecule has 0 atom stereocenters. The van der Waals surface area contributed by atoms with Crippen molar-refractivity contribution >= 4 is 26.8 Å². The zero-order valence-electron chi connectivity index (χ0n) is 13.9. The van der Waals surface area contributed by atoms with Gasteiger partial charge >= 0.3 is 11.6 Å². The number of rotatable bonds is 4. The highest BCUT2D eigenvalue weighted by Crippen LogP contribution is 2.20. The summed E-state index contributed by atoms with van der Waals surface area (Å²) in [6.45, 7) is 0. The number of aryl methyl sites for hydroxylation is 1. The van der Waals surface area contributed by atoms with Crippen LogP contribution in [0.3, 0.4) is 0 Å². The van der Waals surface area contributed by atoms with Crippen LogP contribution in [0, 0.1) is 10.1 Å². The summed E-state index contributed by atoms with van der Waals surface area (Å²) < 4.78 is 27.2. The quantitative estimate of drug-likeness (QED) is 0.635. The number of carbonyl (C=O) groups is 1. The summed E-state index contributed by atoms with van der Waals surface area (Å²) in [6.07, 6.45) is 2.73. The highest BCUT2D eigenvalue weighted by atomic mass is 32.2. The SMILES string of the molecule is CNC(=O)c1c(CS(=O)(=O)c2nccn2C)n([O-])c2ccccc2[n+]1=O. The molecule has 0 bridgehead atoms. The molecule has 0 aliphatic carbocycles. The van der Waals surface area contributed by atoms with E-state index in [1.165, 1.54) is 55.3 Å². The molecule has 0 saturated heterocycles. The van der Waals surface area contributed by atoms with Crippen LogP contribution in [0.15, 0.2) is 41.8 Å². The van der Waals surface area contributed by atoms with Crippen LogP contribution < -0.4 is 9.74 Å². The summed E-state index contributed by atoms with van der Waals surface area (Å²) in [6, 6.07) is 5.82. The minimum Gasteiger partial charge on any atom is -0.805 e. The first kappa shape index (κ1) is 17.6. The van der Waals surface area contributed by atoms with Crippen molar-refractivity contribution in [2.24, 2.45) is 7.05 Å². The van der Waals surface area contributed by atoms with Gasteiger partial charge in [0, 0.05) is 37.5 Å². The topological polar surface area (TPSA) is 132 Å². The highest BCUT2D eigenvalue weighted by Gasteiger charge is 2.32. The Balaban J connectivity index is 2.31. The second-order valence-electron chi connectivity index (χ2n) is 5.53. The number of fused-ring (bicyclic) bond motifs is 1. The van der Waals surface area contributed by atoms with Crippen LogP contribution >= 0.6 is 0 Å². The van der Waals surface area contributed by atoms with Crippen LogP contribution in [0.5, 0.6) is 0 Å². The fraction of sp³-hybridized carbons (Fsp3) is 0.200. The Morgan fingerprint density at radius 2 is 2.04 bits per heavy atom. The molecular weight excluding hydrogens is 362 g/mol. The predicted octanol–water partition coefficient (Wildman–Crippen LogP) is -0.0313. The van der Waals surface area contributed by atoms with Gasteiger partial charge in [0.05, 0.1) is 4.43 Å². The monoisotopic (exact) mass is 377 g/mol. The Labute approximate surface area is 147 Å². The number of carbonyl (C=O) groups excluding carboxylic acids is 1. The molecule has 136 valence electrons. The van der Waals surface area contributed by atoms with Crippen LogP contribution in [0.1, 0.15) is 16.2 Å². The first-order chi connectivity index (χ1) is 12.3. The molecule has 11 heteroatoms. The summed E-state index contributed by atoms with van der Waals surface area (Å²) in [5, 5.41) is 14.7. The second-order valence-corrected chi connectivity index (χ2v) is 7.42. The standard InChI is InChI=1S/C15H15N5O5S/c1-16-14(21)13-12(9-26(24,25)15-17-7-8-18(15)2)19(22)10-5-3-4-6-11(10)20(13)23/h3-8H,9H2,1-2H3,(H,16,21).